The number of hydrogen-bond acceptors (Lipinski definition) is 6. The molecule has 1 saturated carbocycles. The van der Waals surface area contributed by atoms with Crippen molar-refractivity contribution >= 4 is 17.5 Å². The Kier molecular flexibility index (Phi) is 6.49. The first kappa shape index (κ1) is 20.0. The average Bonchev–Trinajstić information content (AvgIpc) is 2.76. The van der Waals surface area contributed by atoms with Crippen LogP contribution in [0, 0.1) is 0 Å². The molecule has 29 heavy (non-hydrogen) atoms. The van der Waals surface area contributed by atoms with E-state index in [9.17, 15) is 0 Å². The number of benzene rings is 1. The van der Waals surface area contributed by atoms with E-state index in [2.05, 4.69) is 27.6 Å². The summed E-state index contributed by atoms with van der Waals surface area (Å²) in [5, 5.41) is 7.12. The van der Waals surface area contributed by atoms with Crippen LogP contribution in [0.15, 0.2) is 30.5 Å². The lowest BCUT2D eigenvalue weighted by molar-refractivity contribution is 0.255. The molecular weight excluding hydrogens is 362 g/mol. The van der Waals surface area contributed by atoms with Crippen molar-refractivity contribution in [1.29, 1.82) is 0 Å². The van der Waals surface area contributed by atoms with Crippen LogP contribution in [0.5, 0.6) is 5.75 Å². The van der Waals surface area contributed by atoms with Crippen LogP contribution < -0.4 is 15.4 Å². The van der Waals surface area contributed by atoms with E-state index < -0.39 is 0 Å². The lowest BCUT2D eigenvalue weighted by Crippen LogP contribution is -2.30. The smallest absolute Gasteiger partial charge is 0.229 e. The number of piperidine rings is 1. The molecule has 0 bridgehead atoms. The average molecular weight is 396 g/mol. The van der Waals surface area contributed by atoms with Gasteiger partial charge in [0.15, 0.2) is 0 Å². The van der Waals surface area contributed by atoms with Gasteiger partial charge in [0.05, 0.1) is 7.11 Å². The minimum absolute atomic E-state index is 0.525. The highest BCUT2D eigenvalue weighted by Gasteiger charge is 2.24. The molecule has 2 aliphatic rings. The Morgan fingerprint density at radius 2 is 1.72 bits per heavy atom. The third-order valence-corrected chi connectivity index (χ3v) is 6.27. The van der Waals surface area contributed by atoms with E-state index in [1.807, 2.05) is 30.5 Å². The van der Waals surface area contributed by atoms with E-state index in [4.69, 9.17) is 9.72 Å². The summed E-state index contributed by atoms with van der Waals surface area (Å²) in [6.07, 6.45) is 10.8. The van der Waals surface area contributed by atoms with E-state index in [0.717, 1.165) is 30.3 Å². The van der Waals surface area contributed by atoms with Crippen molar-refractivity contribution < 1.29 is 4.74 Å². The largest absolute Gasteiger partial charge is 0.497 e. The van der Waals surface area contributed by atoms with Crippen LogP contribution in [0.4, 0.5) is 17.5 Å². The number of hydrogen-bond donors (Lipinski definition) is 2. The maximum absolute atomic E-state index is 5.24. The molecule has 6 heteroatoms. The summed E-state index contributed by atoms with van der Waals surface area (Å²) in [5.74, 6) is 3.05. The summed E-state index contributed by atoms with van der Waals surface area (Å²) in [6, 6.07) is 8.38. The molecule has 1 aromatic carbocycles. The highest BCUT2D eigenvalue weighted by atomic mass is 16.5. The van der Waals surface area contributed by atoms with Gasteiger partial charge in [-0.3, -0.25) is 0 Å². The molecule has 2 heterocycles. The third-order valence-electron chi connectivity index (χ3n) is 6.27. The van der Waals surface area contributed by atoms with Crippen molar-refractivity contribution in [2.45, 2.75) is 56.9 Å². The maximum Gasteiger partial charge on any atom is 0.229 e. The molecule has 6 nitrogen and oxygen atoms in total. The molecule has 2 aromatic rings. The maximum atomic E-state index is 5.24. The topological polar surface area (TPSA) is 62.3 Å². The Morgan fingerprint density at radius 1 is 1.00 bits per heavy atom. The van der Waals surface area contributed by atoms with Crippen LogP contribution in [-0.4, -0.2) is 48.2 Å². The van der Waals surface area contributed by atoms with Crippen LogP contribution in [0.3, 0.4) is 0 Å². The molecule has 0 atom stereocenters. The molecule has 2 N–H and O–H groups in total. The van der Waals surface area contributed by atoms with Gasteiger partial charge in [0, 0.05) is 23.5 Å². The predicted molar refractivity (Wildman–Crippen MR) is 118 cm³/mol. The fourth-order valence-electron chi connectivity index (χ4n) is 4.43. The quantitative estimate of drug-likeness (QED) is 0.734. The second-order valence-electron chi connectivity index (χ2n) is 8.41. The normalized spacial score (nSPS) is 19.1. The van der Waals surface area contributed by atoms with Crippen molar-refractivity contribution in [3.05, 3.63) is 36.0 Å². The zero-order valence-corrected chi connectivity index (χ0v) is 17.7. The second kappa shape index (κ2) is 9.44. The van der Waals surface area contributed by atoms with Crippen LogP contribution >= 0.6 is 0 Å². The number of aromatic nitrogens is 2. The molecule has 0 radical (unpaired) electrons. The van der Waals surface area contributed by atoms with Crippen molar-refractivity contribution in [3.63, 3.8) is 0 Å². The monoisotopic (exact) mass is 395 g/mol. The Bertz CT molecular complexity index is 780. The summed E-state index contributed by atoms with van der Waals surface area (Å²) in [7, 11) is 3.88. The fraction of sp³-hybridized carbons (Fsp3) is 0.565. The van der Waals surface area contributed by atoms with Crippen molar-refractivity contribution in [1.82, 2.24) is 14.9 Å². The Balaban J connectivity index is 1.55. The number of nitrogens with one attached hydrogen (secondary N) is 2. The molecule has 2 fully saturated rings. The van der Waals surface area contributed by atoms with Gasteiger partial charge in [-0.25, -0.2) is 4.98 Å². The second-order valence-corrected chi connectivity index (χ2v) is 8.41. The standard InChI is InChI=1S/C23H33N5O/c1-28-14-12-17(13-15-28)21-16-24-23(26-19-8-10-20(29-2)11-9-19)27-22(21)25-18-6-4-3-5-7-18/h8-11,16-18H,3-7,12-15H2,1-2H3,(H2,24,25,26,27). The van der Waals surface area contributed by atoms with E-state index in [-0.39, 0.29) is 0 Å². The van der Waals surface area contributed by atoms with Gasteiger partial charge in [0.2, 0.25) is 5.95 Å². The molecule has 1 saturated heterocycles. The van der Waals surface area contributed by atoms with E-state index in [0.29, 0.717) is 17.9 Å². The number of methoxy groups -OCH3 is 1. The lowest BCUT2D eigenvalue weighted by Gasteiger charge is -2.31. The van der Waals surface area contributed by atoms with E-state index in [1.54, 1.807) is 7.11 Å². The number of ether oxygens (including phenoxy) is 1. The third kappa shape index (κ3) is 5.18. The van der Waals surface area contributed by atoms with Crippen LogP contribution in [0.2, 0.25) is 0 Å². The molecule has 1 aliphatic carbocycles. The highest BCUT2D eigenvalue weighted by molar-refractivity contribution is 5.58. The Hall–Kier alpha value is -2.34. The van der Waals surface area contributed by atoms with Crippen molar-refractivity contribution in [3.8, 4) is 5.75 Å². The zero-order valence-electron chi connectivity index (χ0n) is 17.7. The van der Waals surface area contributed by atoms with Crippen molar-refractivity contribution in [2.75, 3.05) is 37.9 Å². The number of rotatable bonds is 6. The summed E-state index contributed by atoms with van der Waals surface area (Å²) in [4.78, 5) is 12.0. The summed E-state index contributed by atoms with van der Waals surface area (Å²) in [6.45, 7) is 2.28. The lowest BCUT2D eigenvalue weighted by atomic mass is 9.90. The minimum atomic E-state index is 0.525. The van der Waals surface area contributed by atoms with E-state index in [1.165, 1.54) is 50.5 Å². The van der Waals surface area contributed by atoms with Gasteiger partial charge in [-0.05, 0) is 76.0 Å². The van der Waals surface area contributed by atoms with Crippen LogP contribution in [0.1, 0.15) is 56.4 Å². The predicted octanol–water partition coefficient (Wildman–Crippen LogP) is 4.78. The highest BCUT2D eigenvalue weighted by Crippen LogP contribution is 2.33. The molecule has 0 spiro atoms. The van der Waals surface area contributed by atoms with Crippen LogP contribution in [0.25, 0.3) is 0 Å². The van der Waals surface area contributed by atoms with Gasteiger partial charge >= 0.3 is 0 Å². The van der Waals surface area contributed by atoms with Gasteiger partial charge in [-0.15, -0.1) is 0 Å². The first-order chi connectivity index (χ1) is 14.2. The SMILES string of the molecule is COc1ccc(Nc2ncc(C3CCN(C)CC3)c(NC3CCCCC3)n2)cc1. The number of anilines is 3. The minimum Gasteiger partial charge on any atom is -0.497 e. The Labute approximate surface area is 174 Å². The molecular formula is C23H33N5O. The molecule has 4 rings (SSSR count). The molecule has 0 unspecified atom stereocenters. The fourth-order valence-corrected chi connectivity index (χ4v) is 4.43. The van der Waals surface area contributed by atoms with Gasteiger partial charge < -0.3 is 20.3 Å². The molecule has 1 aliphatic heterocycles. The van der Waals surface area contributed by atoms with Crippen molar-refractivity contribution in [2.24, 2.45) is 0 Å². The zero-order chi connectivity index (χ0) is 20.1. The van der Waals surface area contributed by atoms with Gasteiger partial charge in [-0.1, -0.05) is 19.3 Å². The van der Waals surface area contributed by atoms with Gasteiger partial charge in [-0.2, -0.15) is 4.98 Å². The summed E-state index contributed by atoms with van der Waals surface area (Å²) >= 11 is 0. The number of likely N-dealkylation sites (tertiary alicyclic amines) is 1. The molecule has 156 valence electrons. The first-order valence-corrected chi connectivity index (χ1v) is 10.9. The first-order valence-electron chi connectivity index (χ1n) is 10.9. The van der Waals surface area contributed by atoms with Gasteiger partial charge in [0.25, 0.3) is 0 Å². The van der Waals surface area contributed by atoms with E-state index >= 15 is 0 Å². The summed E-state index contributed by atoms with van der Waals surface area (Å²) < 4.78 is 5.24. The molecule has 1 aromatic heterocycles. The number of nitrogens with zero attached hydrogens (tertiary/aromatic N) is 3. The van der Waals surface area contributed by atoms with Gasteiger partial charge in [0.1, 0.15) is 11.6 Å². The summed E-state index contributed by atoms with van der Waals surface area (Å²) in [5.41, 5.74) is 2.24. The Morgan fingerprint density at radius 3 is 2.41 bits per heavy atom. The molecule has 0 amide bonds. The van der Waals surface area contributed by atoms with Crippen LogP contribution in [-0.2, 0) is 0 Å².